The molecule has 32 heavy (non-hydrogen) atoms. The van der Waals surface area contributed by atoms with Crippen LogP contribution in [0, 0.1) is 12.7 Å². The quantitative estimate of drug-likeness (QED) is 0.370. The molecule has 0 saturated heterocycles. The molecule has 0 radical (unpaired) electrons. The molecule has 2 heterocycles. The van der Waals surface area contributed by atoms with Crippen LogP contribution in [0.15, 0.2) is 85.6 Å². The first-order valence-corrected chi connectivity index (χ1v) is 10.2. The largest absolute Gasteiger partial charge is 0.494 e. The van der Waals surface area contributed by atoms with E-state index in [-0.39, 0.29) is 11.6 Å². The van der Waals surface area contributed by atoms with Crippen LogP contribution in [0.5, 0.6) is 17.4 Å². The summed E-state index contributed by atoms with van der Waals surface area (Å²) in [5.41, 5.74) is 3.89. The van der Waals surface area contributed by atoms with Gasteiger partial charge in [-0.05, 0) is 53.9 Å². The number of benzene rings is 3. The number of fused-ring (bicyclic) bond motifs is 1. The second kappa shape index (κ2) is 8.15. The Bertz CT molecular complexity index is 1400. The fourth-order valence-electron chi connectivity index (χ4n) is 3.84. The van der Waals surface area contributed by atoms with Gasteiger partial charge in [-0.15, -0.1) is 0 Å². The Kier molecular flexibility index (Phi) is 5.03. The predicted molar refractivity (Wildman–Crippen MR) is 121 cm³/mol. The molecule has 0 spiro atoms. The minimum Gasteiger partial charge on any atom is -0.494 e. The van der Waals surface area contributed by atoms with Gasteiger partial charge in [-0.25, -0.2) is 14.4 Å². The van der Waals surface area contributed by atoms with Gasteiger partial charge in [-0.3, -0.25) is 0 Å². The highest BCUT2D eigenvalue weighted by molar-refractivity contribution is 5.94. The Hall–Kier alpha value is -4.19. The van der Waals surface area contributed by atoms with Crippen molar-refractivity contribution in [1.29, 1.82) is 0 Å². The third-order valence-electron chi connectivity index (χ3n) is 5.39. The molecule has 6 heteroatoms. The van der Waals surface area contributed by atoms with E-state index in [0.717, 1.165) is 33.0 Å². The van der Waals surface area contributed by atoms with E-state index < -0.39 is 5.82 Å². The van der Waals surface area contributed by atoms with E-state index in [0.29, 0.717) is 12.3 Å². The topological polar surface area (TPSA) is 60.2 Å². The van der Waals surface area contributed by atoms with Gasteiger partial charge in [-0.1, -0.05) is 30.3 Å². The highest BCUT2D eigenvalue weighted by Gasteiger charge is 2.13. The molecule has 0 aliphatic heterocycles. The third kappa shape index (κ3) is 3.78. The molecule has 0 unspecified atom stereocenters. The number of para-hydroxylation sites is 1. The Morgan fingerprint density at radius 1 is 0.969 bits per heavy atom. The standard InChI is InChI=1S/C26H20FN3O2/c1-17-10-19(21-12-28-16-29-13-21)11-20-15-30(26(31)25(17)20)14-18-6-8-22(9-7-18)32-24-5-3-2-4-23(24)27/h2-13,15-16,31H,14H2,1H3. The van der Waals surface area contributed by atoms with E-state index in [9.17, 15) is 9.50 Å². The van der Waals surface area contributed by atoms with Gasteiger partial charge in [0.2, 0.25) is 0 Å². The zero-order valence-corrected chi connectivity index (χ0v) is 17.4. The summed E-state index contributed by atoms with van der Waals surface area (Å²) in [5.74, 6) is 0.549. The number of aromatic hydroxyl groups is 1. The molecule has 0 aliphatic carbocycles. The number of aryl methyl sites for hydroxylation is 1. The molecule has 0 fully saturated rings. The van der Waals surface area contributed by atoms with Crippen molar-refractivity contribution in [3.8, 4) is 28.5 Å². The maximum absolute atomic E-state index is 13.8. The molecule has 2 aromatic heterocycles. The van der Waals surface area contributed by atoms with Gasteiger partial charge < -0.3 is 14.4 Å². The van der Waals surface area contributed by atoms with Crippen molar-refractivity contribution in [2.75, 3.05) is 0 Å². The zero-order valence-electron chi connectivity index (χ0n) is 17.4. The molecule has 5 aromatic rings. The number of nitrogens with zero attached hydrogens (tertiary/aromatic N) is 3. The Morgan fingerprint density at radius 3 is 2.47 bits per heavy atom. The van der Waals surface area contributed by atoms with E-state index in [1.165, 1.54) is 12.4 Å². The molecular formula is C26H20FN3O2. The van der Waals surface area contributed by atoms with Crippen molar-refractivity contribution in [1.82, 2.24) is 14.5 Å². The molecule has 5 nitrogen and oxygen atoms in total. The summed E-state index contributed by atoms with van der Waals surface area (Å²) in [4.78, 5) is 8.18. The molecule has 5 rings (SSSR count). The number of hydrogen-bond acceptors (Lipinski definition) is 4. The van der Waals surface area contributed by atoms with Crippen molar-refractivity contribution < 1.29 is 14.2 Å². The number of ether oxygens (including phenoxy) is 1. The summed E-state index contributed by atoms with van der Waals surface area (Å²) >= 11 is 0. The molecular weight excluding hydrogens is 405 g/mol. The van der Waals surface area contributed by atoms with Crippen LogP contribution in [0.1, 0.15) is 11.1 Å². The third-order valence-corrected chi connectivity index (χ3v) is 5.39. The second-order valence-electron chi connectivity index (χ2n) is 7.64. The predicted octanol–water partition coefficient (Wildman–Crippen LogP) is 6.09. The van der Waals surface area contributed by atoms with Crippen LogP contribution < -0.4 is 4.74 Å². The highest BCUT2D eigenvalue weighted by atomic mass is 19.1. The summed E-state index contributed by atoms with van der Waals surface area (Å²) < 4.78 is 21.2. The maximum Gasteiger partial charge on any atom is 0.199 e. The van der Waals surface area contributed by atoms with Crippen LogP contribution in [-0.2, 0) is 6.54 Å². The lowest BCUT2D eigenvalue weighted by Gasteiger charge is -2.09. The number of hydrogen-bond donors (Lipinski definition) is 1. The highest BCUT2D eigenvalue weighted by Crippen LogP contribution is 2.34. The number of rotatable bonds is 5. The van der Waals surface area contributed by atoms with Crippen molar-refractivity contribution in [2.45, 2.75) is 13.5 Å². The fraction of sp³-hybridized carbons (Fsp3) is 0.0769. The molecule has 1 N–H and O–H groups in total. The van der Waals surface area contributed by atoms with Gasteiger partial charge >= 0.3 is 0 Å². The van der Waals surface area contributed by atoms with Crippen LogP contribution in [0.4, 0.5) is 4.39 Å². The van der Waals surface area contributed by atoms with Gasteiger partial charge in [0, 0.05) is 34.9 Å². The maximum atomic E-state index is 13.8. The van der Waals surface area contributed by atoms with Crippen molar-refractivity contribution >= 4 is 10.8 Å². The Labute approximate surface area is 184 Å². The zero-order chi connectivity index (χ0) is 22.1. The normalized spacial score (nSPS) is 11.1. The van der Waals surface area contributed by atoms with Gasteiger partial charge in [0.15, 0.2) is 17.4 Å². The lowest BCUT2D eigenvalue weighted by molar-refractivity contribution is 0.429. The van der Waals surface area contributed by atoms with E-state index in [1.807, 2.05) is 42.0 Å². The summed E-state index contributed by atoms with van der Waals surface area (Å²) in [7, 11) is 0. The van der Waals surface area contributed by atoms with Crippen LogP contribution in [0.2, 0.25) is 0 Å². The molecule has 0 aliphatic rings. The van der Waals surface area contributed by atoms with Gasteiger partial charge in [-0.2, -0.15) is 0 Å². The lowest BCUT2D eigenvalue weighted by Crippen LogP contribution is -1.97. The van der Waals surface area contributed by atoms with Crippen molar-refractivity contribution in [3.05, 3.63) is 103 Å². The summed E-state index contributed by atoms with van der Waals surface area (Å²) in [5, 5.41) is 12.6. The van der Waals surface area contributed by atoms with Crippen LogP contribution in [0.3, 0.4) is 0 Å². The first kappa shape index (κ1) is 19.8. The van der Waals surface area contributed by atoms with E-state index in [4.69, 9.17) is 4.74 Å². The Morgan fingerprint density at radius 2 is 1.72 bits per heavy atom. The van der Waals surface area contributed by atoms with Gasteiger partial charge in [0.1, 0.15) is 12.1 Å². The smallest absolute Gasteiger partial charge is 0.199 e. The average Bonchev–Trinajstić information content (AvgIpc) is 3.12. The first-order chi connectivity index (χ1) is 15.6. The van der Waals surface area contributed by atoms with Crippen LogP contribution >= 0.6 is 0 Å². The lowest BCUT2D eigenvalue weighted by atomic mass is 10.0. The van der Waals surface area contributed by atoms with Crippen molar-refractivity contribution in [2.24, 2.45) is 0 Å². The molecule has 0 atom stereocenters. The summed E-state index contributed by atoms with van der Waals surface area (Å²) in [6.07, 6.45) is 6.99. The molecule has 0 bridgehead atoms. The second-order valence-corrected chi connectivity index (χ2v) is 7.64. The van der Waals surface area contributed by atoms with Gasteiger partial charge in [0.25, 0.3) is 0 Å². The number of aromatic nitrogens is 3. The van der Waals surface area contributed by atoms with E-state index in [2.05, 4.69) is 9.97 Å². The average molecular weight is 425 g/mol. The van der Waals surface area contributed by atoms with E-state index >= 15 is 0 Å². The van der Waals surface area contributed by atoms with Crippen LogP contribution in [-0.4, -0.2) is 19.6 Å². The van der Waals surface area contributed by atoms with E-state index in [1.54, 1.807) is 42.7 Å². The monoisotopic (exact) mass is 425 g/mol. The molecule has 3 aromatic carbocycles. The minimum atomic E-state index is -0.405. The summed E-state index contributed by atoms with van der Waals surface area (Å²) in [6, 6.07) is 17.7. The minimum absolute atomic E-state index is 0.185. The molecule has 0 amide bonds. The number of halogens is 1. The van der Waals surface area contributed by atoms with Crippen molar-refractivity contribution in [3.63, 3.8) is 0 Å². The van der Waals surface area contributed by atoms with Crippen LogP contribution in [0.25, 0.3) is 21.9 Å². The van der Waals surface area contributed by atoms with Gasteiger partial charge in [0.05, 0.1) is 6.54 Å². The molecule has 158 valence electrons. The Balaban J connectivity index is 1.41. The summed E-state index contributed by atoms with van der Waals surface area (Å²) in [6.45, 7) is 2.47. The SMILES string of the molecule is Cc1cc(-c2cncnc2)cc2cn(Cc3ccc(Oc4ccccc4F)cc3)c(O)c12. The molecule has 0 saturated carbocycles. The fourth-order valence-corrected chi connectivity index (χ4v) is 3.84. The first-order valence-electron chi connectivity index (χ1n) is 10.2.